The summed E-state index contributed by atoms with van der Waals surface area (Å²) in [5.74, 6) is 6.54. The highest BCUT2D eigenvalue weighted by molar-refractivity contribution is 6.00. The Labute approximate surface area is 207 Å². The molecule has 0 bridgehead atoms. The van der Waals surface area contributed by atoms with Crippen LogP contribution < -0.4 is 5.32 Å². The van der Waals surface area contributed by atoms with E-state index >= 15 is 0 Å². The number of H-pyrrole nitrogens is 1. The molecule has 7 nitrogen and oxygen atoms in total. The highest BCUT2D eigenvalue weighted by atomic mass is 16.7. The maximum absolute atomic E-state index is 12.7. The number of aromatic amines is 1. The van der Waals surface area contributed by atoms with Crippen molar-refractivity contribution in [3.05, 3.63) is 41.1 Å². The summed E-state index contributed by atoms with van der Waals surface area (Å²) < 4.78 is 11.4. The predicted molar refractivity (Wildman–Crippen MR) is 138 cm³/mol. The van der Waals surface area contributed by atoms with Gasteiger partial charge in [0, 0.05) is 43.2 Å². The van der Waals surface area contributed by atoms with E-state index in [9.17, 15) is 4.79 Å². The van der Waals surface area contributed by atoms with E-state index < -0.39 is 0 Å². The number of nitrogens with zero attached hydrogens (tertiary/aromatic N) is 2. The number of carbonyl (C=O) groups excluding carboxylic acids is 1. The minimum Gasteiger partial charge on any atom is -0.353 e. The average molecular weight is 477 g/mol. The molecule has 1 aliphatic carbocycles. The summed E-state index contributed by atoms with van der Waals surface area (Å²) in [7, 11) is 2.15. The minimum absolute atomic E-state index is 0.00143. The Morgan fingerprint density at radius 1 is 1.31 bits per heavy atom. The average Bonchev–Trinajstić information content (AvgIpc) is 3.22. The summed E-state index contributed by atoms with van der Waals surface area (Å²) in [6, 6.07) is 6.65. The van der Waals surface area contributed by atoms with E-state index in [1.165, 1.54) is 22.1 Å². The highest BCUT2D eigenvalue weighted by Gasteiger charge is 2.35. The molecule has 1 saturated heterocycles. The summed E-state index contributed by atoms with van der Waals surface area (Å²) in [6.07, 6.45) is 6.25. The predicted octanol–water partition coefficient (Wildman–Crippen LogP) is 3.74. The molecule has 0 spiro atoms. The van der Waals surface area contributed by atoms with E-state index in [2.05, 4.69) is 58.4 Å². The van der Waals surface area contributed by atoms with Gasteiger partial charge >= 0.3 is 6.03 Å². The van der Waals surface area contributed by atoms with Crippen molar-refractivity contribution in [2.75, 3.05) is 39.9 Å². The molecular weight excluding hydrogens is 440 g/mol. The molecule has 35 heavy (non-hydrogen) atoms. The number of benzene rings is 1. The molecule has 1 unspecified atom stereocenters. The lowest BCUT2D eigenvalue weighted by Crippen LogP contribution is -2.52. The first-order valence-electron chi connectivity index (χ1n) is 12.9. The van der Waals surface area contributed by atoms with Gasteiger partial charge in [-0.25, -0.2) is 4.79 Å². The number of carbonyl (C=O) groups is 1. The van der Waals surface area contributed by atoms with Crippen LogP contribution in [-0.4, -0.2) is 79.1 Å². The van der Waals surface area contributed by atoms with Crippen LogP contribution in [0.4, 0.5) is 4.79 Å². The second-order valence-corrected chi connectivity index (χ2v) is 9.63. The lowest BCUT2D eigenvalue weighted by Gasteiger charge is -2.40. The number of amides is 2. The van der Waals surface area contributed by atoms with Crippen molar-refractivity contribution in [1.29, 1.82) is 0 Å². The van der Waals surface area contributed by atoms with Gasteiger partial charge in [-0.05, 0) is 75.3 Å². The van der Waals surface area contributed by atoms with Crippen LogP contribution in [0.3, 0.4) is 0 Å². The lowest BCUT2D eigenvalue weighted by molar-refractivity contribution is -0.154. The molecule has 1 fully saturated rings. The zero-order chi connectivity index (χ0) is 24.4. The molecule has 186 valence electrons. The molecule has 3 heterocycles. The third-order valence-corrected chi connectivity index (χ3v) is 7.44. The fourth-order valence-electron chi connectivity index (χ4n) is 5.60. The van der Waals surface area contributed by atoms with Crippen molar-refractivity contribution in [3.63, 3.8) is 0 Å². The number of likely N-dealkylation sites (N-methyl/N-ethyl adjacent to an activating group) is 1. The van der Waals surface area contributed by atoms with Gasteiger partial charge in [0.05, 0.1) is 11.7 Å². The summed E-state index contributed by atoms with van der Waals surface area (Å²) in [4.78, 5) is 20.4. The van der Waals surface area contributed by atoms with Crippen molar-refractivity contribution in [3.8, 4) is 11.8 Å². The summed E-state index contributed by atoms with van der Waals surface area (Å²) in [5.41, 5.74) is 5.88. The van der Waals surface area contributed by atoms with Crippen LogP contribution in [-0.2, 0) is 15.9 Å². The molecule has 1 aromatic carbocycles. The van der Waals surface area contributed by atoms with Crippen LogP contribution in [0.2, 0.25) is 0 Å². The molecule has 2 amide bonds. The van der Waals surface area contributed by atoms with Crippen molar-refractivity contribution in [2.45, 2.75) is 57.9 Å². The molecule has 1 aromatic heterocycles. The first kappa shape index (κ1) is 23.9. The second-order valence-electron chi connectivity index (χ2n) is 9.63. The van der Waals surface area contributed by atoms with Crippen LogP contribution in [0.15, 0.2) is 24.3 Å². The first-order valence-corrected chi connectivity index (χ1v) is 12.9. The second kappa shape index (κ2) is 10.4. The van der Waals surface area contributed by atoms with E-state index in [0.29, 0.717) is 19.7 Å². The third-order valence-electron chi connectivity index (χ3n) is 7.44. The Hall–Kier alpha value is -2.79. The number of hydrogen-bond acceptors (Lipinski definition) is 4. The van der Waals surface area contributed by atoms with E-state index in [-0.39, 0.29) is 24.4 Å². The van der Waals surface area contributed by atoms with Gasteiger partial charge < -0.3 is 24.7 Å². The Kier molecular flexibility index (Phi) is 7.14. The molecule has 0 radical (unpaired) electrons. The van der Waals surface area contributed by atoms with Crippen LogP contribution in [0.25, 0.3) is 16.5 Å². The molecule has 3 atom stereocenters. The summed E-state index contributed by atoms with van der Waals surface area (Å²) in [5, 5.41) is 4.47. The Morgan fingerprint density at radius 3 is 2.94 bits per heavy atom. The van der Waals surface area contributed by atoms with Gasteiger partial charge in [0.2, 0.25) is 0 Å². The number of rotatable bonds is 5. The standard InChI is InChI=1S/C28H36N4O3/c1-4-32(5-2)28(33)29-19-16-21-20-10-8-11-24-27(20)22(17-25(21)31(3)18-19)23(30-24)12-9-15-35-26-13-6-7-14-34-26/h8,10-11,16,19,25-26,30H,4-7,13-15,17-18H2,1-3H3,(H,29,33)/t19-,25+,26?/m0/s1. The topological polar surface area (TPSA) is 69.8 Å². The monoisotopic (exact) mass is 476 g/mol. The van der Waals surface area contributed by atoms with Gasteiger partial charge in [-0.1, -0.05) is 24.1 Å². The van der Waals surface area contributed by atoms with Gasteiger partial charge in [-0.15, -0.1) is 0 Å². The number of hydrogen-bond donors (Lipinski definition) is 2. The number of urea groups is 1. The van der Waals surface area contributed by atoms with Crippen molar-refractivity contribution in [2.24, 2.45) is 0 Å². The quantitative estimate of drug-likeness (QED) is 0.645. The molecule has 5 rings (SSSR count). The largest absolute Gasteiger partial charge is 0.353 e. The van der Waals surface area contributed by atoms with Crippen molar-refractivity contribution < 1.29 is 14.3 Å². The SMILES string of the molecule is CCN(CC)C(=O)N[C@H]1C=C2c3cccc4[nH]c(C#CCOC5CCCCO5)c(c34)C[C@H]2N(C)C1. The van der Waals surface area contributed by atoms with Crippen LogP contribution in [0.1, 0.15) is 49.9 Å². The zero-order valence-electron chi connectivity index (χ0n) is 21.0. The third kappa shape index (κ3) is 4.84. The van der Waals surface area contributed by atoms with Gasteiger partial charge in [0.15, 0.2) is 6.29 Å². The van der Waals surface area contributed by atoms with E-state index in [1.54, 1.807) is 0 Å². The molecule has 2 aromatic rings. The van der Waals surface area contributed by atoms with Crippen LogP contribution in [0.5, 0.6) is 0 Å². The van der Waals surface area contributed by atoms with Crippen molar-refractivity contribution in [1.82, 2.24) is 20.1 Å². The van der Waals surface area contributed by atoms with Gasteiger partial charge in [-0.3, -0.25) is 4.90 Å². The lowest BCUT2D eigenvalue weighted by atomic mass is 9.80. The zero-order valence-corrected chi connectivity index (χ0v) is 21.0. The fraction of sp³-hybridized carbons (Fsp3) is 0.536. The van der Waals surface area contributed by atoms with Gasteiger partial charge in [0.25, 0.3) is 0 Å². The van der Waals surface area contributed by atoms with E-state index in [4.69, 9.17) is 9.47 Å². The molecular formula is C28H36N4O3. The van der Waals surface area contributed by atoms with E-state index in [1.807, 2.05) is 18.7 Å². The van der Waals surface area contributed by atoms with Gasteiger partial charge in [0.1, 0.15) is 6.61 Å². The number of ether oxygens (including phenoxy) is 2. The Balaban J connectivity index is 1.40. The summed E-state index contributed by atoms with van der Waals surface area (Å²) >= 11 is 0. The van der Waals surface area contributed by atoms with Gasteiger partial charge in [-0.2, -0.15) is 0 Å². The van der Waals surface area contributed by atoms with Crippen LogP contribution in [0, 0.1) is 11.8 Å². The molecule has 2 N–H and O–H groups in total. The summed E-state index contributed by atoms with van der Waals surface area (Å²) in [6.45, 7) is 7.36. The normalized spacial score (nSPS) is 23.7. The molecule has 7 heteroatoms. The van der Waals surface area contributed by atoms with E-state index in [0.717, 1.165) is 50.0 Å². The fourth-order valence-corrected chi connectivity index (χ4v) is 5.60. The first-order chi connectivity index (χ1) is 17.1. The van der Waals surface area contributed by atoms with Crippen LogP contribution >= 0.6 is 0 Å². The minimum atomic E-state index is -0.121. The highest BCUT2D eigenvalue weighted by Crippen LogP contribution is 2.41. The molecule has 2 aliphatic heterocycles. The Morgan fingerprint density at radius 2 is 2.17 bits per heavy atom. The molecule has 0 saturated carbocycles. The number of fused-ring (bicyclic) bond motifs is 2. The maximum atomic E-state index is 12.7. The maximum Gasteiger partial charge on any atom is 0.317 e. The Bertz CT molecular complexity index is 1160. The molecule has 3 aliphatic rings. The number of aromatic nitrogens is 1. The van der Waals surface area contributed by atoms with Crippen molar-refractivity contribution >= 4 is 22.5 Å². The smallest absolute Gasteiger partial charge is 0.317 e. The number of nitrogens with one attached hydrogen (secondary N) is 2.